The number of hydrogen-bond donors (Lipinski definition) is 2. The van der Waals surface area contributed by atoms with E-state index >= 15 is 0 Å². The quantitative estimate of drug-likeness (QED) is 0.707. The van der Waals surface area contributed by atoms with E-state index in [0.717, 1.165) is 48.8 Å². The van der Waals surface area contributed by atoms with Crippen LogP contribution in [0.3, 0.4) is 0 Å². The van der Waals surface area contributed by atoms with E-state index in [2.05, 4.69) is 20.9 Å². The van der Waals surface area contributed by atoms with Crippen LogP contribution in [0, 0.1) is 0 Å². The highest BCUT2D eigenvalue weighted by molar-refractivity contribution is 5.97. The van der Waals surface area contributed by atoms with Gasteiger partial charge in [-0.1, -0.05) is 12.1 Å². The molecule has 5 nitrogen and oxygen atoms in total. The summed E-state index contributed by atoms with van der Waals surface area (Å²) < 4.78 is 0. The number of likely N-dealkylation sites (tertiary alicyclic amines) is 1. The van der Waals surface area contributed by atoms with Gasteiger partial charge in [-0.2, -0.15) is 0 Å². The second-order valence-corrected chi connectivity index (χ2v) is 7.33. The maximum Gasteiger partial charge on any atom is 0.254 e. The molecule has 2 aliphatic rings. The highest BCUT2D eigenvalue weighted by Gasteiger charge is 2.39. The molecule has 0 spiro atoms. The molecule has 26 heavy (non-hydrogen) atoms. The van der Waals surface area contributed by atoms with Crippen LogP contribution in [0.25, 0.3) is 11.0 Å². The maximum atomic E-state index is 13.2. The van der Waals surface area contributed by atoms with Gasteiger partial charge < -0.3 is 15.0 Å². The number of phenolic OH excluding ortho intramolecular Hbond substituents is 1. The van der Waals surface area contributed by atoms with Crippen molar-refractivity contribution in [2.45, 2.75) is 37.6 Å². The third-order valence-electron chi connectivity index (χ3n) is 5.99. The molecule has 0 radical (unpaired) electrons. The van der Waals surface area contributed by atoms with Crippen LogP contribution in [0.2, 0.25) is 0 Å². The predicted octanol–water partition coefficient (Wildman–Crippen LogP) is 3.60. The van der Waals surface area contributed by atoms with E-state index in [1.807, 2.05) is 24.3 Å². The molecule has 3 aromatic rings. The number of aromatic amines is 1. The molecule has 5 rings (SSSR count). The number of aromatic nitrogens is 2. The zero-order chi connectivity index (χ0) is 17.7. The zero-order valence-electron chi connectivity index (χ0n) is 14.5. The van der Waals surface area contributed by atoms with Gasteiger partial charge in [0.1, 0.15) is 5.75 Å². The lowest BCUT2D eigenvalue weighted by Crippen LogP contribution is -2.49. The Hall–Kier alpha value is -2.82. The Morgan fingerprint density at radius 2 is 2.15 bits per heavy atom. The van der Waals surface area contributed by atoms with Crippen LogP contribution < -0.4 is 0 Å². The van der Waals surface area contributed by atoms with Crippen LogP contribution in [0.15, 0.2) is 42.7 Å². The van der Waals surface area contributed by atoms with Gasteiger partial charge in [-0.15, -0.1) is 0 Å². The molecule has 2 N–H and O–H groups in total. The van der Waals surface area contributed by atoms with Gasteiger partial charge >= 0.3 is 0 Å². The highest BCUT2D eigenvalue weighted by Crippen LogP contribution is 2.43. The van der Waals surface area contributed by atoms with Crippen molar-refractivity contribution >= 4 is 16.9 Å². The van der Waals surface area contributed by atoms with Gasteiger partial charge in [0.05, 0.1) is 17.4 Å². The van der Waals surface area contributed by atoms with Gasteiger partial charge in [0.25, 0.3) is 5.91 Å². The van der Waals surface area contributed by atoms with E-state index < -0.39 is 0 Å². The average molecular weight is 347 g/mol. The van der Waals surface area contributed by atoms with Crippen molar-refractivity contribution < 1.29 is 9.90 Å². The van der Waals surface area contributed by atoms with Crippen molar-refractivity contribution in [2.24, 2.45) is 0 Å². The molecule has 2 heterocycles. The largest absolute Gasteiger partial charge is 0.508 e. The number of hydrogen-bond acceptors (Lipinski definition) is 3. The number of aromatic hydroxyl groups is 1. The Morgan fingerprint density at radius 1 is 1.23 bits per heavy atom. The van der Waals surface area contributed by atoms with E-state index in [-0.39, 0.29) is 11.9 Å². The van der Waals surface area contributed by atoms with Crippen molar-refractivity contribution in [3.8, 4) is 5.75 Å². The van der Waals surface area contributed by atoms with Gasteiger partial charge in [-0.05, 0) is 61.1 Å². The van der Waals surface area contributed by atoms with Crippen molar-refractivity contribution in [3.05, 3.63) is 59.4 Å². The molecule has 1 saturated heterocycles. The number of benzene rings is 2. The molecule has 1 aromatic heterocycles. The van der Waals surface area contributed by atoms with Crippen molar-refractivity contribution in [3.63, 3.8) is 0 Å². The minimum atomic E-state index is 0.0909. The first-order valence-electron chi connectivity index (χ1n) is 9.27. The van der Waals surface area contributed by atoms with Crippen LogP contribution in [0.5, 0.6) is 5.75 Å². The molecular weight excluding hydrogens is 326 g/mol. The standard InChI is InChI=1S/C21H21N3O2/c25-20-5-1-3-14-15-4-2-10-24(19(15)9-7-16(14)20)21(26)13-6-8-17-18(11-13)23-12-22-17/h1,3,5-6,8,11-12,15,19,25H,2,4,7,9-10H2,(H,22,23)/t15?,19-/m0/s1. The molecule has 1 aliphatic heterocycles. The average Bonchev–Trinajstić information content (AvgIpc) is 3.15. The molecule has 0 saturated carbocycles. The molecular formula is C21H21N3O2. The summed E-state index contributed by atoms with van der Waals surface area (Å²) in [5.74, 6) is 0.805. The summed E-state index contributed by atoms with van der Waals surface area (Å²) >= 11 is 0. The number of piperidine rings is 1. The minimum absolute atomic E-state index is 0.0909. The summed E-state index contributed by atoms with van der Waals surface area (Å²) in [4.78, 5) is 22.6. The molecule has 2 aromatic carbocycles. The van der Waals surface area contributed by atoms with Crippen molar-refractivity contribution in [1.82, 2.24) is 14.9 Å². The Bertz CT molecular complexity index is 994. The van der Waals surface area contributed by atoms with Gasteiger partial charge in [0.15, 0.2) is 0 Å². The summed E-state index contributed by atoms with van der Waals surface area (Å²) in [6.45, 7) is 0.798. The maximum absolute atomic E-state index is 13.2. The molecule has 1 fully saturated rings. The van der Waals surface area contributed by atoms with Crippen LogP contribution in [0.4, 0.5) is 0 Å². The van der Waals surface area contributed by atoms with Crippen LogP contribution in [-0.4, -0.2) is 38.5 Å². The van der Waals surface area contributed by atoms with Gasteiger partial charge in [0.2, 0.25) is 0 Å². The predicted molar refractivity (Wildman–Crippen MR) is 99.3 cm³/mol. The molecule has 1 aliphatic carbocycles. The number of fused-ring (bicyclic) bond motifs is 4. The lowest BCUT2D eigenvalue weighted by atomic mass is 9.74. The molecule has 2 atom stereocenters. The number of amides is 1. The fourth-order valence-corrected chi connectivity index (χ4v) is 4.76. The first-order chi connectivity index (χ1) is 12.7. The number of nitrogens with one attached hydrogen (secondary N) is 1. The molecule has 5 heteroatoms. The van der Waals surface area contributed by atoms with E-state index in [9.17, 15) is 9.90 Å². The Morgan fingerprint density at radius 3 is 3.08 bits per heavy atom. The number of carbonyl (C=O) groups excluding carboxylic acids is 1. The third kappa shape index (κ3) is 2.30. The number of rotatable bonds is 1. The molecule has 1 amide bonds. The second-order valence-electron chi connectivity index (χ2n) is 7.33. The van der Waals surface area contributed by atoms with Crippen LogP contribution >= 0.6 is 0 Å². The summed E-state index contributed by atoms with van der Waals surface area (Å²) in [6.07, 6.45) is 5.45. The molecule has 1 unspecified atom stereocenters. The fraction of sp³-hybridized carbons (Fsp3) is 0.333. The van der Waals surface area contributed by atoms with Crippen LogP contribution in [-0.2, 0) is 6.42 Å². The van der Waals surface area contributed by atoms with Crippen molar-refractivity contribution in [2.75, 3.05) is 6.54 Å². The molecule has 132 valence electrons. The highest BCUT2D eigenvalue weighted by atomic mass is 16.3. The Kier molecular flexibility index (Phi) is 3.48. The first-order valence-corrected chi connectivity index (χ1v) is 9.27. The lowest BCUT2D eigenvalue weighted by molar-refractivity contribution is 0.0546. The van der Waals surface area contributed by atoms with Crippen molar-refractivity contribution in [1.29, 1.82) is 0 Å². The monoisotopic (exact) mass is 347 g/mol. The van der Waals surface area contributed by atoms with E-state index in [1.54, 1.807) is 12.4 Å². The third-order valence-corrected chi connectivity index (χ3v) is 5.99. The minimum Gasteiger partial charge on any atom is -0.508 e. The van der Waals surface area contributed by atoms with E-state index in [4.69, 9.17) is 0 Å². The van der Waals surface area contributed by atoms with E-state index in [0.29, 0.717) is 17.2 Å². The van der Waals surface area contributed by atoms with E-state index in [1.165, 1.54) is 5.56 Å². The Balaban J connectivity index is 1.49. The summed E-state index contributed by atoms with van der Waals surface area (Å²) in [5, 5.41) is 10.2. The SMILES string of the molecule is O=C(c1ccc2[nH]cnc2c1)N1CCCC2c3cccc(O)c3CC[C@@H]21. The lowest BCUT2D eigenvalue weighted by Gasteiger charge is -2.45. The summed E-state index contributed by atoms with van der Waals surface area (Å²) in [6, 6.07) is 11.7. The smallest absolute Gasteiger partial charge is 0.254 e. The fourth-order valence-electron chi connectivity index (χ4n) is 4.76. The topological polar surface area (TPSA) is 69.2 Å². The number of H-pyrrole nitrogens is 1. The number of nitrogens with zero attached hydrogens (tertiary/aromatic N) is 2. The Labute approximate surface area is 151 Å². The normalized spacial score (nSPS) is 22.1. The van der Waals surface area contributed by atoms with Gasteiger partial charge in [0, 0.05) is 24.1 Å². The van der Waals surface area contributed by atoms with Crippen LogP contribution in [0.1, 0.15) is 46.7 Å². The second kappa shape index (κ2) is 5.87. The molecule has 0 bridgehead atoms. The van der Waals surface area contributed by atoms with Gasteiger partial charge in [-0.25, -0.2) is 4.98 Å². The number of carbonyl (C=O) groups is 1. The summed E-state index contributed by atoms with van der Waals surface area (Å²) in [7, 11) is 0. The number of imidazole rings is 1. The van der Waals surface area contributed by atoms with Gasteiger partial charge in [-0.3, -0.25) is 4.79 Å². The zero-order valence-corrected chi connectivity index (χ0v) is 14.5. The first kappa shape index (κ1) is 15.4. The summed E-state index contributed by atoms with van der Waals surface area (Å²) in [5.41, 5.74) is 4.76. The number of phenols is 1.